The molecule has 38 heavy (non-hydrogen) atoms. The molecule has 0 bridgehead atoms. The second-order valence-corrected chi connectivity index (χ2v) is 9.81. The molecule has 1 N–H and O–H groups in total. The highest BCUT2D eigenvalue weighted by molar-refractivity contribution is 5.88. The molecule has 196 valence electrons. The number of H-pyrrole nitrogens is 1. The smallest absolute Gasteiger partial charge is 0.231 e. The number of carbonyl (C=O) groups is 1. The van der Waals surface area contributed by atoms with Gasteiger partial charge in [0.2, 0.25) is 12.7 Å². The molecule has 1 amide bonds. The molecule has 6 rings (SSSR count). The molecule has 3 aromatic carbocycles. The van der Waals surface area contributed by atoms with Crippen molar-refractivity contribution in [1.29, 1.82) is 0 Å². The van der Waals surface area contributed by atoms with Gasteiger partial charge in [0.25, 0.3) is 0 Å². The minimum Gasteiger partial charge on any atom is -0.495 e. The van der Waals surface area contributed by atoms with Gasteiger partial charge in [-0.05, 0) is 35.7 Å². The fourth-order valence-corrected chi connectivity index (χ4v) is 5.83. The van der Waals surface area contributed by atoms with Gasteiger partial charge in [0.15, 0.2) is 11.5 Å². The summed E-state index contributed by atoms with van der Waals surface area (Å²) in [4.78, 5) is 21.6. The summed E-state index contributed by atoms with van der Waals surface area (Å²) >= 11 is 0. The average Bonchev–Trinajstić information content (AvgIpc) is 3.63. The monoisotopic (exact) mass is 511 g/mol. The fourth-order valence-electron chi connectivity index (χ4n) is 5.83. The highest BCUT2D eigenvalue weighted by Crippen LogP contribution is 2.44. The Morgan fingerprint density at radius 2 is 1.79 bits per heavy atom. The van der Waals surface area contributed by atoms with E-state index in [2.05, 4.69) is 53.3 Å². The topological polar surface area (TPSA) is 67.0 Å². The van der Waals surface area contributed by atoms with Crippen LogP contribution in [-0.4, -0.2) is 55.9 Å². The SMILES string of the molecule is CCc1cccc2c(C(CC(=O)N3CCN(c4ccccc4OC)CC3)c3cccc4c3OCO4)c[nH]c12. The lowest BCUT2D eigenvalue weighted by atomic mass is 9.86. The molecule has 7 heteroatoms. The molecular formula is C31H33N3O4. The number of carbonyl (C=O) groups excluding carboxylic acids is 1. The number of nitrogens with one attached hydrogen (secondary N) is 1. The normalized spacial score (nSPS) is 15.6. The van der Waals surface area contributed by atoms with Crippen LogP contribution in [0.5, 0.6) is 17.2 Å². The van der Waals surface area contributed by atoms with E-state index in [0.717, 1.165) is 64.5 Å². The number of amides is 1. The third-order valence-corrected chi connectivity index (χ3v) is 7.83. The molecule has 0 saturated carbocycles. The van der Waals surface area contributed by atoms with Crippen LogP contribution >= 0.6 is 0 Å². The van der Waals surface area contributed by atoms with Gasteiger partial charge in [-0.3, -0.25) is 4.79 Å². The van der Waals surface area contributed by atoms with Crippen molar-refractivity contribution in [2.75, 3.05) is 45.0 Å². The summed E-state index contributed by atoms with van der Waals surface area (Å²) in [6, 6.07) is 20.4. The maximum absolute atomic E-state index is 13.8. The van der Waals surface area contributed by atoms with Crippen LogP contribution in [0, 0.1) is 0 Å². The van der Waals surface area contributed by atoms with E-state index >= 15 is 0 Å². The first kappa shape index (κ1) is 24.2. The van der Waals surface area contributed by atoms with Crippen molar-refractivity contribution >= 4 is 22.5 Å². The Hall–Kier alpha value is -4.13. The molecule has 0 aliphatic carbocycles. The zero-order valence-corrected chi connectivity index (χ0v) is 21.9. The number of nitrogens with zero attached hydrogens (tertiary/aromatic N) is 2. The highest BCUT2D eigenvalue weighted by Gasteiger charge is 2.31. The maximum Gasteiger partial charge on any atom is 0.231 e. The van der Waals surface area contributed by atoms with Crippen LogP contribution in [0.25, 0.3) is 10.9 Å². The minimum absolute atomic E-state index is 0.146. The van der Waals surface area contributed by atoms with Gasteiger partial charge in [0.05, 0.1) is 12.8 Å². The molecule has 4 aromatic rings. The van der Waals surface area contributed by atoms with Crippen molar-refractivity contribution in [3.63, 3.8) is 0 Å². The van der Waals surface area contributed by atoms with Crippen molar-refractivity contribution in [2.45, 2.75) is 25.7 Å². The lowest BCUT2D eigenvalue weighted by Crippen LogP contribution is -2.49. The number of para-hydroxylation sites is 4. The first-order valence-electron chi connectivity index (χ1n) is 13.3. The number of methoxy groups -OCH3 is 1. The van der Waals surface area contributed by atoms with Gasteiger partial charge >= 0.3 is 0 Å². The van der Waals surface area contributed by atoms with Gasteiger partial charge in [-0.2, -0.15) is 0 Å². The van der Waals surface area contributed by atoms with E-state index in [1.54, 1.807) is 7.11 Å². The van der Waals surface area contributed by atoms with Crippen LogP contribution in [0.1, 0.15) is 36.0 Å². The van der Waals surface area contributed by atoms with Gasteiger partial charge < -0.3 is 29.0 Å². The van der Waals surface area contributed by atoms with Gasteiger partial charge in [0.1, 0.15) is 5.75 Å². The molecule has 7 nitrogen and oxygen atoms in total. The van der Waals surface area contributed by atoms with Crippen LogP contribution in [-0.2, 0) is 11.2 Å². The van der Waals surface area contributed by atoms with Crippen LogP contribution < -0.4 is 19.1 Å². The van der Waals surface area contributed by atoms with Crippen LogP contribution in [0.4, 0.5) is 5.69 Å². The van der Waals surface area contributed by atoms with Crippen LogP contribution in [0.15, 0.2) is 66.9 Å². The Balaban J connectivity index is 1.28. The number of aromatic nitrogens is 1. The Morgan fingerprint density at radius 3 is 2.61 bits per heavy atom. The van der Waals surface area contributed by atoms with Gasteiger partial charge in [0, 0.05) is 61.2 Å². The fraction of sp³-hybridized carbons (Fsp3) is 0.323. The average molecular weight is 512 g/mol. The van der Waals surface area contributed by atoms with E-state index in [-0.39, 0.29) is 18.6 Å². The molecule has 1 atom stereocenters. The Morgan fingerprint density at radius 1 is 0.974 bits per heavy atom. The Labute approximate surface area is 222 Å². The maximum atomic E-state index is 13.8. The van der Waals surface area contributed by atoms with Crippen molar-refractivity contribution < 1.29 is 19.0 Å². The zero-order chi connectivity index (χ0) is 26.1. The van der Waals surface area contributed by atoms with Gasteiger partial charge in [-0.1, -0.05) is 49.4 Å². The number of aromatic amines is 1. The molecule has 1 aromatic heterocycles. The van der Waals surface area contributed by atoms with E-state index < -0.39 is 0 Å². The van der Waals surface area contributed by atoms with Crippen molar-refractivity contribution in [3.8, 4) is 17.2 Å². The predicted octanol–water partition coefficient (Wildman–Crippen LogP) is 5.34. The van der Waals surface area contributed by atoms with Gasteiger partial charge in [-0.15, -0.1) is 0 Å². The molecular weight excluding hydrogens is 478 g/mol. The number of rotatable bonds is 7. The third-order valence-electron chi connectivity index (χ3n) is 7.83. The number of hydrogen-bond acceptors (Lipinski definition) is 5. The number of fused-ring (bicyclic) bond motifs is 2. The standard InChI is InChI=1S/C31H33N3O4/c1-3-21-8-6-9-22-25(19-32-30(21)22)24(23-10-7-13-28-31(23)38-20-37-28)18-29(35)34-16-14-33(15-17-34)26-11-4-5-12-27(26)36-2/h4-13,19,24,32H,3,14-18,20H2,1-2H3. The molecule has 3 heterocycles. The van der Waals surface area contributed by atoms with Crippen molar-refractivity contribution in [1.82, 2.24) is 9.88 Å². The minimum atomic E-state index is -0.160. The summed E-state index contributed by atoms with van der Waals surface area (Å²) in [6.07, 6.45) is 3.36. The molecule has 2 aliphatic heterocycles. The highest BCUT2D eigenvalue weighted by atomic mass is 16.7. The van der Waals surface area contributed by atoms with E-state index in [4.69, 9.17) is 14.2 Å². The molecule has 0 spiro atoms. The second-order valence-electron chi connectivity index (χ2n) is 9.81. The lowest BCUT2D eigenvalue weighted by molar-refractivity contribution is -0.131. The molecule has 1 fully saturated rings. The summed E-state index contributed by atoms with van der Waals surface area (Å²) in [5.41, 5.74) is 5.58. The van der Waals surface area contributed by atoms with Crippen molar-refractivity contribution in [3.05, 3.63) is 83.6 Å². The molecule has 1 saturated heterocycles. The first-order chi connectivity index (χ1) is 18.7. The van der Waals surface area contributed by atoms with Crippen LogP contribution in [0.3, 0.4) is 0 Å². The quantitative estimate of drug-likeness (QED) is 0.363. The van der Waals surface area contributed by atoms with Crippen LogP contribution in [0.2, 0.25) is 0 Å². The summed E-state index contributed by atoms with van der Waals surface area (Å²) in [5.74, 6) is 2.32. The summed E-state index contributed by atoms with van der Waals surface area (Å²) in [5, 5.41) is 1.15. The number of hydrogen-bond donors (Lipinski definition) is 1. The number of piperazine rings is 1. The Bertz CT molecular complexity index is 1450. The Kier molecular flexibility index (Phi) is 6.58. The van der Waals surface area contributed by atoms with E-state index in [1.807, 2.05) is 35.2 Å². The predicted molar refractivity (Wildman–Crippen MR) is 148 cm³/mol. The summed E-state index contributed by atoms with van der Waals surface area (Å²) < 4.78 is 17.1. The summed E-state index contributed by atoms with van der Waals surface area (Å²) in [6.45, 7) is 5.23. The molecule has 0 radical (unpaired) electrons. The van der Waals surface area contributed by atoms with E-state index in [1.165, 1.54) is 5.56 Å². The van der Waals surface area contributed by atoms with E-state index in [0.29, 0.717) is 19.5 Å². The number of ether oxygens (including phenoxy) is 3. The van der Waals surface area contributed by atoms with E-state index in [9.17, 15) is 4.79 Å². The third kappa shape index (κ3) is 4.32. The second kappa shape index (κ2) is 10.3. The number of anilines is 1. The molecule has 2 aliphatic rings. The number of aryl methyl sites for hydroxylation is 1. The lowest BCUT2D eigenvalue weighted by Gasteiger charge is -2.37. The first-order valence-corrected chi connectivity index (χ1v) is 13.3. The zero-order valence-electron chi connectivity index (χ0n) is 21.9. The summed E-state index contributed by atoms with van der Waals surface area (Å²) in [7, 11) is 1.70. The number of benzene rings is 3. The van der Waals surface area contributed by atoms with Crippen molar-refractivity contribution in [2.24, 2.45) is 0 Å². The van der Waals surface area contributed by atoms with Gasteiger partial charge in [-0.25, -0.2) is 0 Å². The molecule has 1 unspecified atom stereocenters. The largest absolute Gasteiger partial charge is 0.495 e.